The van der Waals surface area contributed by atoms with Gasteiger partial charge in [0, 0.05) is 42.7 Å². The number of hydrogen-bond acceptors (Lipinski definition) is 2. The summed E-state index contributed by atoms with van der Waals surface area (Å²) in [5.41, 5.74) is 5.17. The van der Waals surface area contributed by atoms with Crippen LogP contribution in [0.4, 0.5) is 0 Å². The molecular formula is C23H29IN4O. The zero-order valence-corrected chi connectivity index (χ0v) is 19.3. The number of H-pyrrole nitrogens is 1. The van der Waals surface area contributed by atoms with Crippen molar-refractivity contribution in [2.24, 2.45) is 4.99 Å². The minimum atomic E-state index is 0. The molecule has 1 unspecified atom stereocenters. The normalized spacial score (nSPS) is 15.9. The maximum atomic E-state index is 5.75. The van der Waals surface area contributed by atoms with Crippen LogP contribution in [0.25, 0.3) is 10.9 Å². The number of fused-ring (bicyclic) bond motifs is 2. The Hall–Kier alpha value is -2.22. The second-order valence-corrected chi connectivity index (χ2v) is 7.13. The van der Waals surface area contributed by atoms with Gasteiger partial charge in [0.1, 0.15) is 5.75 Å². The number of benzene rings is 2. The van der Waals surface area contributed by atoms with E-state index in [9.17, 15) is 0 Å². The van der Waals surface area contributed by atoms with Gasteiger partial charge in [0.05, 0.1) is 12.6 Å². The molecule has 1 aromatic heterocycles. The standard InChI is InChI=1S/C23H28N4O.HI/c1-3-16-7-6-9-18-17(15-26-22(16)18)11-13-25-23(24-2)27-20-12-14-28-21-10-5-4-8-19(20)21;/h4-10,15,20,26H,3,11-14H2,1-2H3,(H2,24,25,27);1H. The molecule has 2 heterocycles. The summed E-state index contributed by atoms with van der Waals surface area (Å²) >= 11 is 0. The molecule has 29 heavy (non-hydrogen) atoms. The van der Waals surface area contributed by atoms with Crippen LogP contribution < -0.4 is 15.4 Å². The zero-order chi connectivity index (χ0) is 19.3. The second kappa shape index (κ2) is 10.0. The highest BCUT2D eigenvalue weighted by atomic mass is 127. The van der Waals surface area contributed by atoms with Crippen molar-refractivity contribution in [1.82, 2.24) is 15.6 Å². The molecule has 154 valence electrons. The number of aliphatic imine (C=N–C) groups is 1. The summed E-state index contributed by atoms with van der Waals surface area (Å²) in [5, 5.41) is 8.33. The number of nitrogens with zero attached hydrogens (tertiary/aromatic N) is 1. The molecule has 1 atom stereocenters. The van der Waals surface area contributed by atoms with Gasteiger partial charge in [0.15, 0.2) is 5.96 Å². The Kier molecular flexibility index (Phi) is 7.41. The third-order valence-corrected chi connectivity index (χ3v) is 5.45. The van der Waals surface area contributed by atoms with Crippen LogP contribution in [0, 0.1) is 0 Å². The van der Waals surface area contributed by atoms with Crippen LogP contribution >= 0.6 is 24.0 Å². The van der Waals surface area contributed by atoms with E-state index in [1.54, 1.807) is 0 Å². The maximum absolute atomic E-state index is 5.75. The highest BCUT2D eigenvalue weighted by Gasteiger charge is 2.21. The minimum Gasteiger partial charge on any atom is -0.493 e. The SMILES string of the molecule is CCc1cccc2c(CCNC(=NC)NC3CCOc4ccccc43)c[nH]c12.I. The summed E-state index contributed by atoms with van der Waals surface area (Å²) in [4.78, 5) is 7.86. The molecule has 0 saturated heterocycles. The maximum Gasteiger partial charge on any atom is 0.191 e. The molecule has 6 heteroatoms. The van der Waals surface area contributed by atoms with Gasteiger partial charge in [-0.2, -0.15) is 0 Å². The second-order valence-electron chi connectivity index (χ2n) is 7.13. The summed E-state index contributed by atoms with van der Waals surface area (Å²) in [7, 11) is 1.82. The molecular weight excluding hydrogens is 475 g/mol. The molecule has 0 saturated carbocycles. The molecule has 0 radical (unpaired) electrons. The van der Waals surface area contributed by atoms with E-state index in [1.165, 1.54) is 27.6 Å². The lowest BCUT2D eigenvalue weighted by atomic mass is 10.0. The Balaban J connectivity index is 0.00000240. The van der Waals surface area contributed by atoms with Crippen molar-refractivity contribution in [3.63, 3.8) is 0 Å². The molecule has 0 aliphatic carbocycles. The molecule has 0 amide bonds. The van der Waals surface area contributed by atoms with Crippen molar-refractivity contribution in [2.75, 3.05) is 20.2 Å². The first-order valence-corrected chi connectivity index (χ1v) is 10.1. The third kappa shape index (κ3) is 4.69. The van der Waals surface area contributed by atoms with Crippen molar-refractivity contribution < 1.29 is 4.74 Å². The van der Waals surface area contributed by atoms with Gasteiger partial charge in [0.25, 0.3) is 0 Å². The molecule has 5 nitrogen and oxygen atoms in total. The van der Waals surface area contributed by atoms with Gasteiger partial charge < -0.3 is 20.4 Å². The van der Waals surface area contributed by atoms with E-state index in [1.807, 2.05) is 19.2 Å². The summed E-state index contributed by atoms with van der Waals surface area (Å²) in [6.07, 6.45) is 5.05. The molecule has 3 aromatic rings. The number of aromatic nitrogens is 1. The number of aryl methyl sites for hydroxylation is 1. The highest BCUT2D eigenvalue weighted by molar-refractivity contribution is 14.0. The van der Waals surface area contributed by atoms with Crippen LogP contribution in [0.15, 0.2) is 53.7 Å². The summed E-state index contributed by atoms with van der Waals surface area (Å²) < 4.78 is 5.75. The Bertz CT molecular complexity index is 982. The number of aromatic amines is 1. The van der Waals surface area contributed by atoms with E-state index in [0.29, 0.717) is 0 Å². The number of hydrogen-bond donors (Lipinski definition) is 3. The van der Waals surface area contributed by atoms with Crippen molar-refractivity contribution in [3.8, 4) is 5.75 Å². The predicted molar refractivity (Wildman–Crippen MR) is 131 cm³/mol. The lowest BCUT2D eigenvalue weighted by molar-refractivity contribution is 0.261. The lowest BCUT2D eigenvalue weighted by Gasteiger charge is -2.28. The van der Waals surface area contributed by atoms with Crippen LogP contribution in [-0.4, -0.2) is 31.1 Å². The van der Waals surface area contributed by atoms with E-state index in [2.05, 4.69) is 64.1 Å². The Morgan fingerprint density at radius 1 is 1.17 bits per heavy atom. The van der Waals surface area contributed by atoms with Gasteiger partial charge in [-0.15, -0.1) is 24.0 Å². The van der Waals surface area contributed by atoms with E-state index < -0.39 is 0 Å². The van der Waals surface area contributed by atoms with Gasteiger partial charge in [-0.1, -0.05) is 43.3 Å². The predicted octanol–water partition coefficient (Wildman–Crippen LogP) is 4.58. The molecule has 1 aliphatic rings. The van der Waals surface area contributed by atoms with Crippen LogP contribution in [0.2, 0.25) is 0 Å². The van der Waals surface area contributed by atoms with Crippen LogP contribution in [0.3, 0.4) is 0 Å². The largest absolute Gasteiger partial charge is 0.493 e. The first kappa shape index (κ1) is 21.5. The van der Waals surface area contributed by atoms with Crippen molar-refractivity contribution in [1.29, 1.82) is 0 Å². The average molecular weight is 504 g/mol. The van der Waals surface area contributed by atoms with Crippen molar-refractivity contribution >= 4 is 40.8 Å². The third-order valence-electron chi connectivity index (χ3n) is 5.45. The number of halogens is 1. The first-order valence-electron chi connectivity index (χ1n) is 10.1. The van der Waals surface area contributed by atoms with E-state index in [4.69, 9.17) is 4.74 Å². The molecule has 2 aromatic carbocycles. The lowest BCUT2D eigenvalue weighted by Crippen LogP contribution is -2.41. The fourth-order valence-corrected chi connectivity index (χ4v) is 3.94. The molecule has 3 N–H and O–H groups in total. The minimum absolute atomic E-state index is 0. The van der Waals surface area contributed by atoms with Crippen molar-refractivity contribution in [2.45, 2.75) is 32.2 Å². The summed E-state index contributed by atoms with van der Waals surface area (Å²) in [6.45, 7) is 3.75. The van der Waals surface area contributed by atoms with Crippen LogP contribution in [-0.2, 0) is 12.8 Å². The number of ether oxygens (including phenoxy) is 1. The molecule has 4 rings (SSSR count). The summed E-state index contributed by atoms with van der Waals surface area (Å²) in [5.74, 6) is 1.79. The Labute approximate surface area is 189 Å². The highest BCUT2D eigenvalue weighted by Crippen LogP contribution is 2.31. The van der Waals surface area contributed by atoms with E-state index in [-0.39, 0.29) is 30.0 Å². The summed E-state index contributed by atoms with van der Waals surface area (Å²) in [6, 6.07) is 15.0. The zero-order valence-electron chi connectivity index (χ0n) is 17.0. The Morgan fingerprint density at radius 3 is 2.86 bits per heavy atom. The number of rotatable bonds is 5. The van der Waals surface area contributed by atoms with Gasteiger partial charge >= 0.3 is 0 Å². The van der Waals surface area contributed by atoms with Crippen LogP contribution in [0.5, 0.6) is 5.75 Å². The van der Waals surface area contributed by atoms with Crippen LogP contribution in [0.1, 0.15) is 36.1 Å². The number of para-hydroxylation sites is 2. The monoisotopic (exact) mass is 504 g/mol. The number of guanidine groups is 1. The average Bonchev–Trinajstić information content (AvgIpc) is 3.16. The fourth-order valence-electron chi connectivity index (χ4n) is 3.94. The number of nitrogens with one attached hydrogen (secondary N) is 3. The fraction of sp³-hybridized carbons (Fsp3) is 0.348. The van der Waals surface area contributed by atoms with Crippen molar-refractivity contribution in [3.05, 3.63) is 65.4 Å². The van der Waals surface area contributed by atoms with Gasteiger partial charge in [-0.3, -0.25) is 4.99 Å². The van der Waals surface area contributed by atoms with Gasteiger partial charge in [-0.25, -0.2) is 0 Å². The van der Waals surface area contributed by atoms with E-state index in [0.717, 1.165) is 44.1 Å². The smallest absolute Gasteiger partial charge is 0.191 e. The molecule has 1 aliphatic heterocycles. The molecule has 0 bridgehead atoms. The molecule has 0 fully saturated rings. The van der Waals surface area contributed by atoms with Gasteiger partial charge in [0.2, 0.25) is 0 Å². The molecule has 0 spiro atoms. The quantitative estimate of drug-likeness (QED) is 0.271. The van der Waals surface area contributed by atoms with E-state index >= 15 is 0 Å². The first-order chi connectivity index (χ1) is 13.8. The topological polar surface area (TPSA) is 61.4 Å². The Morgan fingerprint density at radius 2 is 2.03 bits per heavy atom. The van der Waals surface area contributed by atoms with Gasteiger partial charge in [-0.05, 0) is 30.0 Å².